The minimum atomic E-state index is 0. The van der Waals surface area contributed by atoms with Gasteiger partial charge in [-0.15, -0.1) is 12.4 Å². The van der Waals surface area contributed by atoms with E-state index in [0.717, 1.165) is 31.9 Å². The first-order valence-electron chi connectivity index (χ1n) is 5.95. The molecule has 2 rings (SSSR count). The number of carbonyl (C=O) groups excluding carboxylic acids is 1. The Hall–Kier alpha value is -1.10. The Morgan fingerprint density at radius 1 is 1.22 bits per heavy atom. The van der Waals surface area contributed by atoms with Gasteiger partial charge in [-0.2, -0.15) is 0 Å². The summed E-state index contributed by atoms with van der Waals surface area (Å²) in [7, 11) is 0. The van der Waals surface area contributed by atoms with Crippen molar-refractivity contribution in [3.05, 3.63) is 35.9 Å². The van der Waals surface area contributed by atoms with Gasteiger partial charge >= 0.3 is 0 Å². The van der Waals surface area contributed by atoms with Crippen LogP contribution in [0.2, 0.25) is 0 Å². The van der Waals surface area contributed by atoms with Crippen molar-refractivity contribution in [2.24, 2.45) is 0 Å². The summed E-state index contributed by atoms with van der Waals surface area (Å²) < 4.78 is 5.24. The first kappa shape index (κ1) is 15.0. The summed E-state index contributed by atoms with van der Waals surface area (Å²) in [6.07, 6.45) is 0. The maximum absolute atomic E-state index is 11.7. The molecule has 0 spiro atoms. The average molecular weight is 271 g/mol. The molecular weight excluding hydrogens is 252 g/mol. The van der Waals surface area contributed by atoms with E-state index < -0.39 is 0 Å². The molecule has 0 aliphatic carbocycles. The number of benzene rings is 1. The zero-order valence-electron chi connectivity index (χ0n) is 10.3. The zero-order valence-corrected chi connectivity index (χ0v) is 11.1. The lowest BCUT2D eigenvalue weighted by molar-refractivity contribution is -0.123. The number of nitrogens with one attached hydrogen (secondary N) is 1. The van der Waals surface area contributed by atoms with E-state index in [0.29, 0.717) is 13.1 Å². The van der Waals surface area contributed by atoms with Crippen LogP contribution >= 0.6 is 12.4 Å². The Morgan fingerprint density at radius 3 is 2.56 bits per heavy atom. The lowest BCUT2D eigenvalue weighted by Crippen LogP contribution is -2.43. The van der Waals surface area contributed by atoms with E-state index in [-0.39, 0.29) is 18.3 Å². The highest BCUT2D eigenvalue weighted by Gasteiger charge is 2.13. The number of hydrogen-bond donors (Lipinski definition) is 1. The Balaban J connectivity index is 0.00000162. The van der Waals surface area contributed by atoms with Crippen LogP contribution in [-0.4, -0.2) is 43.7 Å². The normalized spacial score (nSPS) is 15.8. The van der Waals surface area contributed by atoms with Gasteiger partial charge in [-0.25, -0.2) is 0 Å². The third kappa shape index (κ3) is 5.04. The van der Waals surface area contributed by atoms with Crippen molar-refractivity contribution in [2.75, 3.05) is 32.8 Å². The Bertz CT molecular complexity index is 353. The summed E-state index contributed by atoms with van der Waals surface area (Å²) >= 11 is 0. The molecule has 0 atom stereocenters. The van der Waals surface area contributed by atoms with Crippen molar-refractivity contribution in [2.45, 2.75) is 6.54 Å². The van der Waals surface area contributed by atoms with E-state index in [4.69, 9.17) is 4.74 Å². The number of carbonyl (C=O) groups is 1. The van der Waals surface area contributed by atoms with E-state index in [9.17, 15) is 4.79 Å². The molecule has 0 radical (unpaired) electrons. The van der Waals surface area contributed by atoms with Crippen LogP contribution < -0.4 is 5.32 Å². The molecule has 18 heavy (non-hydrogen) atoms. The van der Waals surface area contributed by atoms with Gasteiger partial charge in [0, 0.05) is 19.6 Å². The van der Waals surface area contributed by atoms with Gasteiger partial charge in [0.15, 0.2) is 0 Å². The lowest BCUT2D eigenvalue weighted by atomic mass is 10.2. The van der Waals surface area contributed by atoms with E-state index >= 15 is 0 Å². The van der Waals surface area contributed by atoms with Gasteiger partial charge in [-0.3, -0.25) is 9.69 Å². The fraction of sp³-hybridized carbons (Fsp3) is 0.462. The fourth-order valence-corrected chi connectivity index (χ4v) is 1.81. The molecular formula is C13H19ClN2O2. The molecule has 0 unspecified atom stereocenters. The first-order valence-corrected chi connectivity index (χ1v) is 5.95. The molecule has 0 aromatic heterocycles. The lowest BCUT2D eigenvalue weighted by Gasteiger charge is -2.25. The zero-order chi connectivity index (χ0) is 11.9. The summed E-state index contributed by atoms with van der Waals surface area (Å²) in [5, 5.41) is 2.92. The predicted molar refractivity (Wildman–Crippen MR) is 72.8 cm³/mol. The highest BCUT2D eigenvalue weighted by atomic mass is 35.5. The predicted octanol–water partition coefficient (Wildman–Crippen LogP) is 1.06. The van der Waals surface area contributed by atoms with Gasteiger partial charge in [-0.05, 0) is 5.56 Å². The summed E-state index contributed by atoms with van der Waals surface area (Å²) in [5.74, 6) is 0.0794. The van der Waals surface area contributed by atoms with Crippen molar-refractivity contribution >= 4 is 18.3 Å². The van der Waals surface area contributed by atoms with Crippen molar-refractivity contribution in [1.29, 1.82) is 0 Å². The Labute approximate surface area is 114 Å². The summed E-state index contributed by atoms with van der Waals surface area (Å²) in [6, 6.07) is 9.94. The summed E-state index contributed by atoms with van der Waals surface area (Å²) in [5.41, 5.74) is 1.13. The third-order valence-corrected chi connectivity index (χ3v) is 2.80. The molecule has 1 aliphatic rings. The molecule has 4 nitrogen and oxygen atoms in total. The van der Waals surface area contributed by atoms with E-state index in [2.05, 4.69) is 10.2 Å². The highest BCUT2D eigenvalue weighted by molar-refractivity contribution is 5.85. The second-order valence-corrected chi connectivity index (χ2v) is 4.15. The second kappa shape index (κ2) is 8.08. The molecule has 1 fully saturated rings. The fourth-order valence-electron chi connectivity index (χ4n) is 1.81. The van der Waals surface area contributed by atoms with Crippen LogP contribution in [0, 0.1) is 0 Å². The van der Waals surface area contributed by atoms with Crippen molar-refractivity contribution in [1.82, 2.24) is 10.2 Å². The van der Waals surface area contributed by atoms with Gasteiger partial charge in [0.05, 0.1) is 19.8 Å². The molecule has 1 aromatic carbocycles. The molecule has 0 saturated carbocycles. The van der Waals surface area contributed by atoms with Crippen LogP contribution in [0.25, 0.3) is 0 Å². The van der Waals surface area contributed by atoms with Crippen LogP contribution in [0.5, 0.6) is 0 Å². The number of ether oxygens (including phenoxy) is 1. The SMILES string of the molecule is Cl.O=C(CN1CCOCC1)NCc1ccccc1. The number of amides is 1. The van der Waals surface area contributed by atoms with E-state index in [1.807, 2.05) is 30.3 Å². The van der Waals surface area contributed by atoms with E-state index in [1.54, 1.807) is 0 Å². The first-order chi connectivity index (χ1) is 8.34. The van der Waals surface area contributed by atoms with Crippen molar-refractivity contribution < 1.29 is 9.53 Å². The van der Waals surface area contributed by atoms with Crippen LogP contribution in [0.4, 0.5) is 0 Å². The molecule has 1 heterocycles. The number of hydrogen-bond acceptors (Lipinski definition) is 3. The van der Waals surface area contributed by atoms with Gasteiger partial charge in [-0.1, -0.05) is 30.3 Å². The molecule has 100 valence electrons. The third-order valence-electron chi connectivity index (χ3n) is 2.80. The number of morpholine rings is 1. The monoisotopic (exact) mass is 270 g/mol. The van der Waals surface area contributed by atoms with Gasteiger partial charge in [0.2, 0.25) is 5.91 Å². The molecule has 1 saturated heterocycles. The number of halogens is 1. The number of nitrogens with zero attached hydrogens (tertiary/aromatic N) is 1. The Morgan fingerprint density at radius 2 is 1.89 bits per heavy atom. The summed E-state index contributed by atoms with van der Waals surface area (Å²) in [6.45, 7) is 4.22. The molecule has 1 amide bonds. The molecule has 0 bridgehead atoms. The molecule has 1 aromatic rings. The van der Waals surface area contributed by atoms with Gasteiger partial charge in [0.1, 0.15) is 0 Å². The van der Waals surface area contributed by atoms with Gasteiger partial charge < -0.3 is 10.1 Å². The average Bonchev–Trinajstić information content (AvgIpc) is 2.39. The van der Waals surface area contributed by atoms with Crippen LogP contribution in [0.1, 0.15) is 5.56 Å². The van der Waals surface area contributed by atoms with E-state index in [1.165, 1.54) is 0 Å². The topological polar surface area (TPSA) is 41.6 Å². The minimum absolute atomic E-state index is 0. The second-order valence-electron chi connectivity index (χ2n) is 4.15. The molecule has 1 N–H and O–H groups in total. The number of rotatable bonds is 4. The molecule has 5 heteroatoms. The maximum atomic E-state index is 11.7. The van der Waals surface area contributed by atoms with Crippen LogP contribution in [0.15, 0.2) is 30.3 Å². The largest absolute Gasteiger partial charge is 0.379 e. The highest BCUT2D eigenvalue weighted by Crippen LogP contribution is 1.98. The Kier molecular flexibility index (Phi) is 6.72. The quantitative estimate of drug-likeness (QED) is 0.890. The smallest absolute Gasteiger partial charge is 0.234 e. The minimum Gasteiger partial charge on any atom is -0.379 e. The van der Waals surface area contributed by atoms with Crippen LogP contribution in [0.3, 0.4) is 0 Å². The van der Waals surface area contributed by atoms with Crippen molar-refractivity contribution in [3.63, 3.8) is 0 Å². The maximum Gasteiger partial charge on any atom is 0.234 e. The van der Waals surface area contributed by atoms with Gasteiger partial charge in [0.25, 0.3) is 0 Å². The molecule has 1 aliphatic heterocycles. The van der Waals surface area contributed by atoms with Crippen molar-refractivity contribution in [3.8, 4) is 0 Å². The summed E-state index contributed by atoms with van der Waals surface area (Å²) in [4.78, 5) is 13.8. The van der Waals surface area contributed by atoms with Crippen LogP contribution in [-0.2, 0) is 16.1 Å². The standard InChI is InChI=1S/C13H18N2O2.ClH/c16-13(11-15-6-8-17-9-7-15)14-10-12-4-2-1-3-5-12;/h1-5H,6-11H2,(H,14,16);1H.